The summed E-state index contributed by atoms with van der Waals surface area (Å²) in [6.07, 6.45) is 1.76. The fourth-order valence-corrected chi connectivity index (χ4v) is 2.15. The first kappa shape index (κ1) is 18.6. The molecule has 0 aliphatic heterocycles. The standard InChI is InChI=1S/C18H24N2O5/c1-18(2,3)24-17(21)19-10-6-12-23-14-8-5-7-13(22-4)16(14)15-9-11-20-25-15/h5,7-9,11H,6,10,12H2,1-4H3,(H,19,21). The molecule has 0 saturated heterocycles. The Kier molecular flexibility index (Phi) is 6.27. The molecule has 0 aliphatic carbocycles. The van der Waals surface area contributed by atoms with E-state index in [1.807, 2.05) is 39.0 Å². The van der Waals surface area contributed by atoms with Crippen LogP contribution < -0.4 is 14.8 Å². The van der Waals surface area contributed by atoms with Crippen molar-refractivity contribution in [3.63, 3.8) is 0 Å². The topological polar surface area (TPSA) is 82.8 Å². The molecule has 2 rings (SSSR count). The Labute approximate surface area is 147 Å². The van der Waals surface area contributed by atoms with Crippen molar-refractivity contribution in [3.8, 4) is 22.8 Å². The summed E-state index contributed by atoms with van der Waals surface area (Å²) in [7, 11) is 1.59. The van der Waals surface area contributed by atoms with Crippen molar-refractivity contribution in [1.82, 2.24) is 10.5 Å². The molecule has 0 radical (unpaired) electrons. The lowest BCUT2D eigenvalue weighted by molar-refractivity contribution is 0.0525. The van der Waals surface area contributed by atoms with E-state index in [2.05, 4.69) is 10.5 Å². The van der Waals surface area contributed by atoms with Crippen LogP contribution in [0.3, 0.4) is 0 Å². The van der Waals surface area contributed by atoms with Crippen LogP contribution in [0.5, 0.6) is 11.5 Å². The van der Waals surface area contributed by atoms with Crippen molar-refractivity contribution in [2.75, 3.05) is 20.3 Å². The normalized spacial score (nSPS) is 11.0. The fraction of sp³-hybridized carbons (Fsp3) is 0.444. The third kappa shape index (κ3) is 5.70. The van der Waals surface area contributed by atoms with Crippen molar-refractivity contribution < 1.29 is 23.5 Å². The van der Waals surface area contributed by atoms with Gasteiger partial charge < -0.3 is 24.1 Å². The third-order valence-electron chi connectivity index (χ3n) is 3.14. The molecule has 1 aromatic carbocycles. The maximum Gasteiger partial charge on any atom is 0.407 e. The van der Waals surface area contributed by atoms with Gasteiger partial charge in [0.15, 0.2) is 5.76 Å². The molecule has 136 valence electrons. The first-order chi connectivity index (χ1) is 11.9. The first-order valence-electron chi connectivity index (χ1n) is 8.08. The maximum atomic E-state index is 11.6. The van der Waals surface area contributed by atoms with Crippen molar-refractivity contribution in [3.05, 3.63) is 30.5 Å². The minimum atomic E-state index is -0.507. The van der Waals surface area contributed by atoms with Gasteiger partial charge in [-0.25, -0.2) is 4.79 Å². The van der Waals surface area contributed by atoms with Gasteiger partial charge in [-0.1, -0.05) is 11.2 Å². The van der Waals surface area contributed by atoms with E-state index in [-0.39, 0.29) is 0 Å². The number of rotatable bonds is 7. The van der Waals surface area contributed by atoms with Crippen molar-refractivity contribution >= 4 is 6.09 Å². The van der Waals surface area contributed by atoms with Gasteiger partial charge in [0.25, 0.3) is 0 Å². The minimum absolute atomic E-state index is 0.421. The molecule has 1 heterocycles. The molecule has 1 aromatic heterocycles. The summed E-state index contributed by atoms with van der Waals surface area (Å²) in [4.78, 5) is 11.6. The number of benzene rings is 1. The SMILES string of the molecule is COc1cccc(OCCCNC(=O)OC(C)(C)C)c1-c1ccno1. The molecule has 1 N–H and O–H groups in total. The van der Waals surface area contributed by atoms with E-state index < -0.39 is 11.7 Å². The number of nitrogens with zero attached hydrogens (tertiary/aromatic N) is 1. The van der Waals surface area contributed by atoms with Gasteiger partial charge in [-0.3, -0.25) is 0 Å². The quantitative estimate of drug-likeness (QED) is 0.769. The lowest BCUT2D eigenvalue weighted by Crippen LogP contribution is -2.33. The lowest BCUT2D eigenvalue weighted by atomic mass is 10.1. The van der Waals surface area contributed by atoms with Crippen molar-refractivity contribution in [2.24, 2.45) is 0 Å². The second-order valence-corrected chi connectivity index (χ2v) is 6.34. The van der Waals surface area contributed by atoms with E-state index in [1.165, 1.54) is 0 Å². The first-order valence-corrected chi connectivity index (χ1v) is 8.08. The Morgan fingerprint density at radius 3 is 2.64 bits per heavy atom. The van der Waals surface area contributed by atoms with Gasteiger partial charge in [-0.2, -0.15) is 0 Å². The van der Waals surface area contributed by atoms with Gasteiger partial charge in [0.05, 0.1) is 19.9 Å². The molecule has 0 unspecified atom stereocenters. The number of carbonyl (C=O) groups excluding carboxylic acids is 1. The largest absolute Gasteiger partial charge is 0.496 e. The third-order valence-corrected chi connectivity index (χ3v) is 3.14. The van der Waals surface area contributed by atoms with Gasteiger partial charge in [0, 0.05) is 12.6 Å². The lowest BCUT2D eigenvalue weighted by Gasteiger charge is -2.19. The number of amides is 1. The number of carbonyl (C=O) groups is 1. The van der Waals surface area contributed by atoms with E-state index in [9.17, 15) is 4.79 Å². The van der Waals surface area contributed by atoms with Crippen LogP contribution in [0.2, 0.25) is 0 Å². The van der Waals surface area contributed by atoms with E-state index >= 15 is 0 Å². The molecule has 0 bridgehead atoms. The predicted octanol–water partition coefficient (Wildman–Crippen LogP) is 3.64. The highest BCUT2D eigenvalue weighted by atomic mass is 16.6. The molecular weight excluding hydrogens is 324 g/mol. The monoisotopic (exact) mass is 348 g/mol. The van der Waals surface area contributed by atoms with Crippen LogP contribution in [0, 0.1) is 0 Å². The number of nitrogens with one attached hydrogen (secondary N) is 1. The summed E-state index contributed by atoms with van der Waals surface area (Å²) in [6, 6.07) is 7.25. The zero-order chi connectivity index (χ0) is 18.3. The van der Waals surface area contributed by atoms with Gasteiger partial charge in [-0.15, -0.1) is 0 Å². The van der Waals surface area contributed by atoms with Gasteiger partial charge in [0.2, 0.25) is 0 Å². The van der Waals surface area contributed by atoms with Crippen LogP contribution in [-0.4, -0.2) is 37.1 Å². The van der Waals surface area contributed by atoms with Crippen LogP contribution >= 0.6 is 0 Å². The summed E-state index contributed by atoms with van der Waals surface area (Å²) >= 11 is 0. The number of aromatic nitrogens is 1. The van der Waals surface area contributed by atoms with Gasteiger partial charge >= 0.3 is 6.09 Å². The number of hydrogen-bond donors (Lipinski definition) is 1. The molecule has 25 heavy (non-hydrogen) atoms. The Bertz CT molecular complexity index is 677. The Morgan fingerprint density at radius 2 is 2.00 bits per heavy atom. The number of methoxy groups -OCH3 is 1. The van der Waals surface area contributed by atoms with E-state index in [0.717, 1.165) is 0 Å². The average Bonchev–Trinajstić information content (AvgIpc) is 3.06. The molecule has 0 fully saturated rings. The molecular formula is C18H24N2O5. The Hall–Kier alpha value is -2.70. The summed E-state index contributed by atoms with van der Waals surface area (Å²) in [5.74, 6) is 1.84. The average molecular weight is 348 g/mol. The van der Waals surface area contributed by atoms with Crippen LogP contribution in [0.15, 0.2) is 35.0 Å². The molecule has 0 atom stereocenters. The number of alkyl carbamates (subject to hydrolysis) is 1. The van der Waals surface area contributed by atoms with Crippen molar-refractivity contribution in [2.45, 2.75) is 32.8 Å². The highest BCUT2D eigenvalue weighted by Crippen LogP contribution is 2.38. The second kappa shape index (κ2) is 8.41. The summed E-state index contributed by atoms with van der Waals surface area (Å²) in [5, 5.41) is 6.42. The molecule has 7 heteroatoms. The Balaban J connectivity index is 1.88. The zero-order valence-corrected chi connectivity index (χ0v) is 15.0. The molecule has 0 spiro atoms. The van der Waals surface area contributed by atoms with Crippen LogP contribution in [0.4, 0.5) is 4.79 Å². The van der Waals surface area contributed by atoms with E-state index in [1.54, 1.807) is 19.4 Å². The fourth-order valence-electron chi connectivity index (χ4n) is 2.15. The minimum Gasteiger partial charge on any atom is -0.496 e. The summed E-state index contributed by atoms with van der Waals surface area (Å²) < 4.78 is 21.6. The van der Waals surface area contributed by atoms with Crippen molar-refractivity contribution in [1.29, 1.82) is 0 Å². The summed E-state index contributed by atoms with van der Waals surface area (Å²) in [6.45, 7) is 6.34. The molecule has 0 saturated carbocycles. The van der Waals surface area contributed by atoms with Gasteiger partial charge in [-0.05, 0) is 39.3 Å². The zero-order valence-electron chi connectivity index (χ0n) is 15.0. The van der Waals surface area contributed by atoms with Crippen LogP contribution in [0.1, 0.15) is 27.2 Å². The highest BCUT2D eigenvalue weighted by Gasteiger charge is 2.17. The number of ether oxygens (including phenoxy) is 3. The maximum absolute atomic E-state index is 11.6. The molecule has 2 aromatic rings. The smallest absolute Gasteiger partial charge is 0.407 e. The number of hydrogen-bond acceptors (Lipinski definition) is 6. The molecule has 1 amide bonds. The Morgan fingerprint density at radius 1 is 1.24 bits per heavy atom. The van der Waals surface area contributed by atoms with E-state index in [4.69, 9.17) is 18.7 Å². The van der Waals surface area contributed by atoms with Crippen LogP contribution in [-0.2, 0) is 4.74 Å². The van der Waals surface area contributed by atoms with Crippen LogP contribution in [0.25, 0.3) is 11.3 Å². The second-order valence-electron chi connectivity index (χ2n) is 6.34. The van der Waals surface area contributed by atoms with Gasteiger partial charge in [0.1, 0.15) is 22.7 Å². The molecule has 0 aliphatic rings. The predicted molar refractivity (Wildman–Crippen MR) is 92.8 cm³/mol. The molecule has 7 nitrogen and oxygen atoms in total. The highest BCUT2D eigenvalue weighted by molar-refractivity contribution is 5.72. The van der Waals surface area contributed by atoms with E-state index in [0.29, 0.717) is 42.4 Å². The summed E-state index contributed by atoms with van der Waals surface area (Å²) in [5.41, 5.74) is 0.204.